The van der Waals surface area contributed by atoms with Crippen molar-refractivity contribution in [3.05, 3.63) is 191 Å². The molecule has 11 rings (SSSR count). The lowest BCUT2D eigenvalue weighted by Crippen LogP contribution is -2.66. The zero-order chi connectivity index (χ0) is 33.4. The van der Waals surface area contributed by atoms with Gasteiger partial charge in [-0.25, -0.2) is 0 Å². The largest absolute Gasteiger partial charge is 0.458 e. The summed E-state index contributed by atoms with van der Waals surface area (Å²) in [6.45, 7) is 6.98. The Bertz CT molecular complexity index is 2530. The number of rotatable bonds is 3. The summed E-state index contributed by atoms with van der Waals surface area (Å²) in [5.41, 5.74) is 18.7. The van der Waals surface area contributed by atoms with E-state index in [-0.39, 0.29) is 12.1 Å². The van der Waals surface area contributed by atoms with Gasteiger partial charge in [-0.3, -0.25) is 0 Å². The van der Waals surface area contributed by atoms with Crippen LogP contribution in [0.1, 0.15) is 52.8 Å². The van der Waals surface area contributed by atoms with E-state index in [0.29, 0.717) is 0 Å². The summed E-state index contributed by atoms with van der Waals surface area (Å²) in [5, 5.41) is 0. The van der Waals surface area contributed by atoms with E-state index in [1.807, 2.05) is 0 Å². The number of hydrogen-bond acceptors (Lipinski definition) is 2. The van der Waals surface area contributed by atoms with Crippen LogP contribution in [0, 0.1) is 6.92 Å². The lowest BCUT2D eigenvalue weighted by molar-refractivity contribution is 0.485. The van der Waals surface area contributed by atoms with Gasteiger partial charge in [0.15, 0.2) is 0 Å². The van der Waals surface area contributed by atoms with Crippen LogP contribution in [-0.4, -0.2) is 6.71 Å². The Balaban J connectivity index is 1.26. The van der Waals surface area contributed by atoms with Gasteiger partial charge in [-0.05, 0) is 110 Å². The molecule has 2 nitrogen and oxygen atoms in total. The van der Waals surface area contributed by atoms with Crippen LogP contribution in [0.5, 0.6) is 11.5 Å². The van der Waals surface area contributed by atoms with Crippen molar-refractivity contribution < 1.29 is 4.74 Å². The van der Waals surface area contributed by atoms with Crippen molar-refractivity contribution in [1.29, 1.82) is 0 Å². The van der Waals surface area contributed by atoms with E-state index < -0.39 is 5.41 Å². The molecule has 0 atom stereocenters. The second-order valence-corrected chi connectivity index (χ2v) is 14.9. The second kappa shape index (κ2) is 9.67. The molecule has 0 amide bonds. The number of anilines is 3. The molecular formula is C47H34BNO. The quantitative estimate of drug-likeness (QED) is 0.179. The first-order valence-corrected chi connectivity index (χ1v) is 17.7. The standard InChI is InChI=1S/C47H34BNO/c1-29-26-40-45-42(27-29)50-41-23-13-21-37-44(41)48(45)43-36(47(37,30-14-6-4-7-15-30)31-16-8-5-9-17-31)20-12-22-39(43)49(40)32-24-25-34-33-18-10-11-19-35(33)46(2,3)38(34)28-32/h4-28H,1-3H3. The molecule has 3 aliphatic heterocycles. The van der Waals surface area contributed by atoms with Crippen LogP contribution in [-0.2, 0) is 10.8 Å². The summed E-state index contributed by atoms with van der Waals surface area (Å²) < 4.78 is 7.00. The molecule has 0 radical (unpaired) electrons. The van der Waals surface area contributed by atoms with Gasteiger partial charge < -0.3 is 9.64 Å². The van der Waals surface area contributed by atoms with Crippen LogP contribution < -0.4 is 26.0 Å². The molecule has 0 spiro atoms. The summed E-state index contributed by atoms with van der Waals surface area (Å²) in [6, 6.07) is 56.6. The van der Waals surface area contributed by atoms with Crippen molar-refractivity contribution in [3.63, 3.8) is 0 Å². The molecule has 3 heteroatoms. The van der Waals surface area contributed by atoms with Gasteiger partial charge in [0.2, 0.25) is 0 Å². The van der Waals surface area contributed by atoms with Crippen LogP contribution in [0.4, 0.5) is 17.1 Å². The summed E-state index contributed by atoms with van der Waals surface area (Å²) in [7, 11) is 0. The maximum absolute atomic E-state index is 7.00. The molecule has 7 aromatic carbocycles. The van der Waals surface area contributed by atoms with Crippen molar-refractivity contribution in [2.45, 2.75) is 31.6 Å². The molecule has 0 saturated carbocycles. The number of fused-ring (bicyclic) bond motifs is 3. The zero-order valence-electron chi connectivity index (χ0n) is 28.4. The van der Waals surface area contributed by atoms with E-state index in [4.69, 9.17) is 4.74 Å². The first-order chi connectivity index (χ1) is 24.5. The average molecular weight is 640 g/mol. The molecule has 7 aromatic rings. The summed E-state index contributed by atoms with van der Waals surface area (Å²) >= 11 is 0. The normalized spacial score (nSPS) is 15.9. The summed E-state index contributed by atoms with van der Waals surface area (Å²) in [4.78, 5) is 2.53. The maximum atomic E-state index is 7.00. The maximum Gasteiger partial charge on any atom is 0.257 e. The van der Waals surface area contributed by atoms with Crippen LogP contribution in [0.3, 0.4) is 0 Å². The highest BCUT2D eigenvalue weighted by Crippen LogP contribution is 2.54. The topological polar surface area (TPSA) is 12.5 Å². The third-order valence-electron chi connectivity index (χ3n) is 12.0. The van der Waals surface area contributed by atoms with Crippen LogP contribution >= 0.6 is 0 Å². The first kappa shape index (κ1) is 28.1. The Kier molecular flexibility index (Phi) is 5.43. The van der Waals surface area contributed by atoms with E-state index in [0.717, 1.165) is 11.5 Å². The predicted molar refractivity (Wildman–Crippen MR) is 206 cm³/mol. The molecule has 50 heavy (non-hydrogen) atoms. The van der Waals surface area contributed by atoms with Crippen LogP contribution in [0.25, 0.3) is 11.1 Å². The fourth-order valence-electron chi connectivity index (χ4n) is 10.0. The van der Waals surface area contributed by atoms with Crippen molar-refractivity contribution in [1.82, 2.24) is 0 Å². The SMILES string of the molecule is Cc1cc2c3c(c1)N(c1ccc4c(c1)C(C)(C)c1ccccc1-4)c1cccc4c1B3c1c(cccc1C4(c1ccccc1)c1ccccc1)O2. The Morgan fingerprint density at radius 1 is 0.500 bits per heavy atom. The van der Waals surface area contributed by atoms with Crippen molar-refractivity contribution in [2.24, 2.45) is 0 Å². The molecule has 3 heterocycles. The lowest BCUT2D eigenvalue weighted by atomic mass is 9.28. The Morgan fingerprint density at radius 2 is 1.14 bits per heavy atom. The second-order valence-electron chi connectivity index (χ2n) is 14.9. The first-order valence-electron chi connectivity index (χ1n) is 17.7. The molecule has 0 unspecified atom stereocenters. The highest BCUT2D eigenvalue weighted by Gasteiger charge is 2.54. The minimum Gasteiger partial charge on any atom is -0.458 e. The van der Waals surface area contributed by atoms with Crippen molar-refractivity contribution in [3.8, 4) is 22.6 Å². The highest BCUT2D eigenvalue weighted by molar-refractivity contribution is 7.00. The number of benzene rings is 7. The minimum absolute atomic E-state index is 0.0543. The number of hydrogen-bond donors (Lipinski definition) is 0. The Labute approximate surface area is 293 Å². The molecule has 4 aliphatic rings. The zero-order valence-corrected chi connectivity index (χ0v) is 28.4. The molecule has 0 aromatic heterocycles. The smallest absolute Gasteiger partial charge is 0.257 e. The molecule has 0 bridgehead atoms. The molecule has 236 valence electrons. The van der Waals surface area contributed by atoms with E-state index in [9.17, 15) is 0 Å². The molecule has 0 fully saturated rings. The number of aryl methyl sites for hydroxylation is 1. The van der Waals surface area contributed by atoms with E-state index in [2.05, 4.69) is 177 Å². The predicted octanol–water partition coefficient (Wildman–Crippen LogP) is 9.40. The molecule has 1 aliphatic carbocycles. The van der Waals surface area contributed by atoms with Crippen molar-refractivity contribution >= 4 is 40.2 Å². The number of nitrogens with zero attached hydrogens (tertiary/aromatic N) is 1. The van der Waals surface area contributed by atoms with E-state index in [1.165, 1.54) is 83.5 Å². The highest BCUT2D eigenvalue weighted by atomic mass is 16.5. The fraction of sp³-hybridized carbons (Fsp3) is 0.106. The summed E-state index contributed by atoms with van der Waals surface area (Å²) in [6.07, 6.45) is 0. The van der Waals surface area contributed by atoms with Gasteiger partial charge in [-0.2, -0.15) is 0 Å². The van der Waals surface area contributed by atoms with Gasteiger partial charge in [0, 0.05) is 22.5 Å². The van der Waals surface area contributed by atoms with Gasteiger partial charge in [0.05, 0.1) is 5.41 Å². The lowest BCUT2D eigenvalue weighted by Gasteiger charge is -2.50. The van der Waals surface area contributed by atoms with Crippen molar-refractivity contribution in [2.75, 3.05) is 4.90 Å². The van der Waals surface area contributed by atoms with Crippen LogP contribution in [0.15, 0.2) is 152 Å². The number of ether oxygens (including phenoxy) is 1. The Morgan fingerprint density at radius 3 is 1.90 bits per heavy atom. The van der Waals surface area contributed by atoms with Crippen LogP contribution in [0.2, 0.25) is 0 Å². The molecular weight excluding hydrogens is 605 g/mol. The molecule has 0 N–H and O–H groups in total. The van der Waals surface area contributed by atoms with Gasteiger partial charge in [0.1, 0.15) is 11.5 Å². The van der Waals surface area contributed by atoms with Gasteiger partial charge >= 0.3 is 0 Å². The van der Waals surface area contributed by atoms with E-state index in [1.54, 1.807) is 0 Å². The third-order valence-corrected chi connectivity index (χ3v) is 12.0. The third kappa shape index (κ3) is 3.35. The van der Waals surface area contributed by atoms with Gasteiger partial charge in [0.25, 0.3) is 6.71 Å². The average Bonchev–Trinajstić information content (AvgIpc) is 3.38. The van der Waals surface area contributed by atoms with E-state index >= 15 is 0 Å². The molecule has 0 saturated heterocycles. The summed E-state index contributed by atoms with van der Waals surface area (Å²) in [5.74, 6) is 1.92. The minimum atomic E-state index is -0.536. The Hall–Kier alpha value is -5.80. The van der Waals surface area contributed by atoms with Gasteiger partial charge in [-0.1, -0.05) is 129 Å². The van der Waals surface area contributed by atoms with Gasteiger partial charge in [-0.15, -0.1) is 0 Å². The fourth-order valence-corrected chi connectivity index (χ4v) is 10.0. The monoisotopic (exact) mass is 639 g/mol.